The van der Waals surface area contributed by atoms with E-state index in [1.807, 2.05) is 0 Å². The second-order valence-corrected chi connectivity index (χ2v) is 4.81. The minimum atomic E-state index is -0.580. The summed E-state index contributed by atoms with van der Waals surface area (Å²) in [7, 11) is 1.53. The Bertz CT molecular complexity index is 560. The molecule has 1 saturated heterocycles. The van der Waals surface area contributed by atoms with Gasteiger partial charge in [0.1, 0.15) is 5.69 Å². The smallest absolute Gasteiger partial charge is 0.294 e. The highest BCUT2D eigenvalue weighted by molar-refractivity contribution is 6.34. The molecule has 0 aromatic heterocycles. The summed E-state index contributed by atoms with van der Waals surface area (Å²) in [5.41, 5.74) is 2.76. The number of nitro groups is 1. The van der Waals surface area contributed by atoms with E-state index < -0.39 is 10.8 Å². The van der Waals surface area contributed by atoms with Crippen molar-refractivity contribution in [2.24, 2.45) is 0 Å². The molecule has 114 valence electrons. The second kappa shape index (κ2) is 6.70. The van der Waals surface area contributed by atoms with Gasteiger partial charge in [-0.05, 0) is 6.07 Å². The van der Waals surface area contributed by atoms with Crippen LogP contribution < -0.4 is 10.7 Å². The number of ether oxygens (including phenoxy) is 1. The molecule has 0 radical (unpaired) electrons. The van der Waals surface area contributed by atoms with E-state index >= 15 is 0 Å². The molecule has 0 saturated carbocycles. The van der Waals surface area contributed by atoms with Crippen LogP contribution in [0.3, 0.4) is 0 Å². The number of hydrazine groups is 1. The fourth-order valence-corrected chi connectivity index (χ4v) is 2.31. The van der Waals surface area contributed by atoms with Gasteiger partial charge in [0.25, 0.3) is 11.6 Å². The molecule has 1 amide bonds. The number of anilines is 1. The van der Waals surface area contributed by atoms with Gasteiger partial charge >= 0.3 is 0 Å². The second-order valence-electron chi connectivity index (χ2n) is 4.40. The highest BCUT2D eigenvalue weighted by Crippen LogP contribution is 2.33. The van der Waals surface area contributed by atoms with Crippen LogP contribution in [0, 0.1) is 10.1 Å². The van der Waals surface area contributed by atoms with Gasteiger partial charge < -0.3 is 10.1 Å². The van der Waals surface area contributed by atoms with E-state index in [0.717, 1.165) is 0 Å². The molecule has 9 heteroatoms. The molecule has 1 aromatic carbocycles. The summed E-state index contributed by atoms with van der Waals surface area (Å²) in [6.07, 6.45) is 0. The Kier molecular flexibility index (Phi) is 4.94. The van der Waals surface area contributed by atoms with Crippen molar-refractivity contribution < 1.29 is 14.5 Å². The molecule has 8 nitrogen and oxygen atoms in total. The number of morpholine rings is 1. The average molecular weight is 315 g/mol. The fourth-order valence-electron chi connectivity index (χ4n) is 2.00. The molecule has 0 aliphatic carbocycles. The van der Waals surface area contributed by atoms with Crippen molar-refractivity contribution in [3.8, 4) is 0 Å². The van der Waals surface area contributed by atoms with Gasteiger partial charge in [-0.1, -0.05) is 11.6 Å². The van der Waals surface area contributed by atoms with Gasteiger partial charge in [0.2, 0.25) is 0 Å². The zero-order valence-electron chi connectivity index (χ0n) is 11.4. The molecule has 1 aliphatic rings. The van der Waals surface area contributed by atoms with Crippen molar-refractivity contribution in [1.82, 2.24) is 10.4 Å². The number of amides is 1. The van der Waals surface area contributed by atoms with Crippen molar-refractivity contribution in [2.75, 3.05) is 38.7 Å². The lowest BCUT2D eigenvalue weighted by atomic mass is 10.1. The van der Waals surface area contributed by atoms with Crippen molar-refractivity contribution in [2.45, 2.75) is 0 Å². The molecule has 0 atom stereocenters. The summed E-state index contributed by atoms with van der Waals surface area (Å²) in [5, 5.41) is 15.5. The van der Waals surface area contributed by atoms with Crippen LogP contribution in [-0.2, 0) is 4.74 Å². The Morgan fingerprint density at radius 1 is 1.43 bits per heavy atom. The molecule has 0 unspecified atom stereocenters. The molecule has 0 bridgehead atoms. The van der Waals surface area contributed by atoms with Crippen LogP contribution in [0.2, 0.25) is 5.02 Å². The Morgan fingerprint density at radius 2 is 2.10 bits per heavy atom. The highest BCUT2D eigenvalue weighted by atomic mass is 35.5. The predicted molar refractivity (Wildman–Crippen MR) is 77.5 cm³/mol. The first kappa shape index (κ1) is 15.5. The summed E-state index contributed by atoms with van der Waals surface area (Å²) in [6.45, 7) is 2.19. The number of hydrogen-bond donors (Lipinski definition) is 2. The molecular formula is C12H15ClN4O4. The van der Waals surface area contributed by atoms with E-state index in [1.54, 1.807) is 5.01 Å². The molecule has 21 heavy (non-hydrogen) atoms. The quantitative estimate of drug-likeness (QED) is 0.641. The van der Waals surface area contributed by atoms with Crippen LogP contribution in [0.5, 0.6) is 0 Å². The number of nitro benzene ring substituents is 1. The zero-order valence-corrected chi connectivity index (χ0v) is 12.1. The molecule has 1 fully saturated rings. The molecule has 1 heterocycles. The van der Waals surface area contributed by atoms with Crippen LogP contribution in [0.15, 0.2) is 12.1 Å². The summed E-state index contributed by atoms with van der Waals surface area (Å²) in [4.78, 5) is 22.6. The van der Waals surface area contributed by atoms with Crippen molar-refractivity contribution in [3.05, 3.63) is 32.8 Å². The number of halogens is 1. The molecule has 2 rings (SSSR count). The predicted octanol–water partition coefficient (Wildman–Crippen LogP) is 1.27. The first-order valence-electron chi connectivity index (χ1n) is 6.32. The van der Waals surface area contributed by atoms with Gasteiger partial charge in [-0.2, -0.15) is 0 Å². The van der Waals surface area contributed by atoms with E-state index in [1.165, 1.54) is 19.2 Å². The maximum Gasteiger partial charge on any atom is 0.294 e. The number of carbonyl (C=O) groups is 1. The largest absolute Gasteiger partial charge is 0.381 e. The Labute approximate surface area is 126 Å². The van der Waals surface area contributed by atoms with Crippen molar-refractivity contribution in [3.63, 3.8) is 0 Å². The summed E-state index contributed by atoms with van der Waals surface area (Å²) < 4.78 is 5.18. The summed E-state index contributed by atoms with van der Waals surface area (Å²) >= 11 is 5.99. The minimum Gasteiger partial charge on any atom is -0.381 e. The van der Waals surface area contributed by atoms with Crippen LogP contribution >= 0.6 is 11.6 Å². The maximum absolute atomic E-state index is 12.1. The third kappa shape index (κ3) is 3.60. The summed E-state index contributed by atoms with van der Waals surface area (Å²) in [5.74, 6) is -0.440. The van der Waals surface area contributed by atoms with E-state index in [-0.39, 0.29) is 22.0 Å². The number of rotatable bonds is 4. The molecule has 0 spiro atoms. The Balaban J connectivity index is 2.22. The molecule has 1 aromatic rings. The average Bonchev–Trinajstić information content (AvgIpc) is 2.47. The number of nitrogens with zero attached hydrogens (tertiary/aromatic N) is 2. The standard InChI is InChI=1S/C12H15ClN4O4/c1-14-11-9(13)6-8(7-10(11)17(19)20)12(18)15-16-2-4-21-5-3-16/h6-7,14H,2-5H2,1H3,(H,15,18). The van der Waals surface area contributed by atoms with Crippen molar-refractivity contribution >= 4 is 28.9 Å². The fraction of sp³-hybridized carbons (Fsp3) is 0.417. The Hall–Kier alpha value is -1.90. The third-order valence-corrected chi connectivity index (χ3v) is 3.35. The lowest BCUT2D eigenvalue weighted by molar-refractivity contribution is -0.383. The first-order valence-corrected chi connectivity index (χ1v) is 6.70. The lowest BCUT2D eigenvalue weighted by Crippen LogP contribution is -2.48. The monoisotopic (exact) mass is 314 g/mol. The van der Waals surface area contributed by atoms with Gasteiger partial charge in [0.05, 0.1) is 23.2 Å². The van der Waals surface area contributed by atoms with Gasteiger partial charge in [-0.15, -0.1) is 0 Å². The Morgan fingerprint density at radius 3 is 2.67 bits per heavy atom. The highest BCUT2D eigenvalue weighted by Gasteiger charge is 2.22. The number of nitrogens with one attached hydrogen (secondary N) is 2. The van der Waals surface area contributed by atoms with Crippen LogP contribution in [0.25, 0.3) is 0 Å². The molecule has 1 aliphatic heterocycles. The molecule has 2 N–H and O–H groups in total. The van der Waals surface area contributed by atoms with Crippen LogP contribution in [0.4, 0.5) is 11.4 Å². The van der Waals surface area contributed by atoms with E-state index in [2.05, 4.69) is 10.7 Å². The van der Waals surface area contributed by atoms with Gasteiger partial charge in [0.15, 0.2) is 0 Å². The zero-order chi connectivity index (χ0) is 15.4. The maximum atomic E-state index is 12.1. The third-order valence-electron chi connectivity index (χ3n) is 3.05. The number of carbonyl (C=O) groups excluding carboxylic acids is 1. The van der Waals surface area contributed by atoms with Crippen LogP contribution in [0.1, 0.15) is 10.4 Å². The van der Waals surface area contributed by atoms with E-state index in [9.17, 15) is 14.9 Å². The summed E-state index contributed by atoms with van der Waals surface area (Å²) in [6, 6.07) is 2.60. The first-order chi connectivity index (χ1) is 10.0. The van der Waals surface area contributed by atoms with E-state index in [0.29, 0.717) is 26.3 Å². The lowest BCUT2D eigenvalue weighted by Gasteiger charge is -2.26. The van der Waals surface area contributed by atoms with Gasteiger partial charge in [0, 0.05) is 31.8 Å². The molecular weight excluding hydrogens is 300 g/mol. The normalized spacial score (nSPS) is 15.5. The van der Waals surface area contributed by atoms with Gasteiger partial charge in [-0.25, -0.2) is 5.01 Å². The van der Waals surface area contributed by atoms with Crippen LogP contribution in [-0.4, -0.2) is 49.2 Å². The minimum absolute atomic E-state index is 0.124. The SMILES string of the molecule is CNc1c(Cl)cc(C(=O)NN2CCOCC2)cc1[N+](=O)[O-]. The van der Waals surface area contributed by atoms with Crippen molar-refractivity contribution in [1.29, 1.82) is 0 Å². The van der Waals surface area contributed by atoms with Gasteiger partial charge in [-0.3, -0.25) is 20.3 Å². The topological polar surface area (TPSA) is 96.7 Å². The number of hydrogen-bond acceptors (Lipinski definition) is 6. The number of benzene rings is 1. The van der Waals surface area contributed by atoms with E-state index in [4.69, 9.17) is 16.3 Å².